The first kappa shape index (κ1) is 12.6. The van der Waals surface area contributed by atoms with Crippen molar-refractivity contribution in [2.24, 2.45) is 0 Å². The van der Waals surface area contributed by atoms with Gasteiger partial charge in [0.05, 0.1) is 16.1 Å². The molecule has 1 heterocycles. The maximum absolute atomic E-state index is 12.6. The number of fused-ring (bicyclic) bond motifs is 1. The van der Waals surface area contributed by atoms with Crippen LogP contribution in [0.2, 0.25) is 0 Å². The molecule has 0 aliphatic rings. The highest BCUT2D eigenvalue weighted by Gasteiger charge is 2.21. The number of pyridine rings is 1. The number of sulfone groups is 1. The van der Waals surface area contributed by atoms with Crippen LogP contribution in [0.15, 0.2) is 70.6 Å². The zero-order valence-corrected chi connectivity index (χ0v) is 11.3. The van der Waals surface area contributed by atoms with Crippen LogP contribution in [0.5, 0.6) is 0 Å². The van der Waals surface area contributed by atoms with Crippen LogP contribution in [-0.4, -0.2) is 13.4 Å². The van der Waals surface area contributed by atoms with E-state index in [1.807, 2.05) is 6.07 Å². The Morgan fingerprint density at radius 1 is 0.900 bits per heavy atom. The average Bonchev–Trinajstić information content (AvgIpc) is 2.48. The normalized spacial score (nSPS) is 11.6. The fraction of sp³-hybridized carbons (Fsp3) is 0. The highest BCUT2D eigenvalue weighted by Crippen LogP contribution is 2.30. The Balaban J connectivity index is 2.28. The largest absolute Gasteiger partial charge is 0.397 e. The van der Waals surface area contributed by atoms with Gasteiger partial charge in [0.25, 0.3) is 0 Å². The van der Waals surface area contributed by atoms with Gasteiger partial charge in [-0.05, 0) is 18.2 Å². The number of hydrogen-bond acceptors (Lipinski definition) is 4. The van der Waals surface area contributed by atoms with Crippen LogP contribution in [0.4, 0.5) is 5.69 Å². The molecule has 100 valence electrons. The van der Waals surface area contributed by atoms with Crippen LogP contribution in [0.3, 0.4) is 0 Å². The zero-order chi connectivity index (χ0) is 14.2. The number of benzene rings is 2. The molecule has 0 aliphatic carbocycles. The predicted octanol–water partition coefficient (Wildman–Crippen LogP) is 2.65. The summed E-state index contributed by atoms with van der Waals surface area (Å²) in [5.41, 5.74) is 6.94. The fourth-order valence-corrected chi connectivity index (χ4v) is 3.45. The predicted molar refractivity (Wildman–Crippen MR) is 78.0 cm³/mol. The highest BCUT2D eigenvalue weighted by molar-refractivity contribution is 7.91. The van der Waals surface area contributed by atoms with E-state index in [0.717, 1.165) is 0 Å². The van der Waals surface area contributed by atoms with E-state index in [0.29, 0.717) is 10.9 Å². The molecule has 5 heteroatoms. The second kappa shape index (κ2) is 4.61. The van der Waals surface area contributed by atoms with E-state index in [-0.39, 0.29) is 15.5 Å². The molecule has 0 aliphatic heterocycles. The Kier molecular flexibility index (Phi) is 2.91. The number of para-hydroxylation sites is 1. The second-order valence-corrected chi connectivity index (χ2v) is 6.29. The standard InChI is InChI=1S/C15H12N2O2S/c16-15-12-8-4-5-9-13(12)17-10-14(15)20(18,19)11-6-2-1-3-7-11/h1-10H,(H2,16,17). The molecule has 0 bridgehead atoms. The van der Waals surface area contributed by atoms with Gasteiger partial charge >= 0.3 is 0 Å². The third-order valence-electron chi connectivity index (χ3n) is 3.12. The lowest BCUT2D eigenvalue weighted by molar-refractivity contribution is 0.596. The first-order chi connectivity index (χ1) is 9.60. The number of nitrogens with two attached hydrogens (primary N) is 1. The van der Waals surface area contributed by atoms with Crippen LogP contribution < -0.4 is 5.73 Å². The molecule has 0 atom stereocenters. The summed E-state index contributed by atoms with van der Waals surface area (Å²) in [6.07, 6.45) is 1.32. The van der Waals surface area contributed by atoms with Crippen molar-refractivity contribution in [3.63, 3.8) is 0 Å². The van der Waals surface area contributed by atoms with Crippen molar-refractivity contribution in [3.8, 4) is 0 Å². The molecule has 3 aromatic rings. The molecule has 0 fully saturated rings. The Morgan fingerprint density at radius 2 is 1.55 bits per heavy atom. The molecular weight excluding hydrogens is 272 g/mol. The van der Waals surface area contributed by atoms with E-state index in [2.05, 4.69) is 4.98 Å². The van der Waals surface area contributed by atoms with E-state index in [1.54, 1.807) is 48.5 Å². The Morgan fingerprint density at radius 3 is 2.30 bits per heavy atom. The summed E-state index contributed by atoms with van der Waals surface area (Å²) in [6.45, 7) is 0. The Bertz CT molecular complexity index is 875. The van der Waals surface area contributed by atoms with Gasteiger partial charge in [-0.15, -0.1) is 0 Å². The van der Waals surface area contributed by atoms with Crippen molar-refractivity contribution in [3.05, 3.63) is 60.8 Å². The minimum absolute atomic E-state index is 0.0439. The SMILES string of the molecule is Nc1c(S(=O)(=O)c2ccccc2)cnc2ccccc12. The fourth-order valence-electron chi connectivity index (χ4n) is 2.09. The molecule has 0 amide bonds. The lowest BCUT2D eigenvalue weighted by Crippen LogP contribution is -2.06. The summed E-state index contributed by atoms with van der Waals surface area (Å²) >= 11 is 0. The molecular formula is C15H12N2O2S. The molecule has 20 heavy (non-hydrogen) atoms. The van der Waals surface area contributed by atoms with Crippen molar-refractivity contribution in [1.29, 1.82) is 0 Å². The Hall–Kier alpha value is -2.40. The van der Waals surface area contributed by atoms with Crippen molar-refractivity contribution in [2.45, 2.75) is 9.79 Å². The smallest absolute Gasteiger partial charge is 0.210 e. The maximum atomic E-state index is 12.6. The van der Waals surface area contributed by atoms with Crippen LogP contribution in [0.25, 0.3) is 10.9 Å². The number of aromatic nitrogens is 1. The Labute approximate surface area is 116 Å². The molecule has 0 saturated heterocycles. The van der Waals surface area contributed by atoms with E-state index in [9.17, 15) is 8.42 Å². The summed E-state index contributed by atoms with van der Waals surface area (Å²) in [7, 11) is -3.65. The first-order valence-electron chi connectivity index (χ1n) is 6.04. The second-order valence-electron chi connectivity index (χ2n) is 4.37. The topological polar surface area (TPSA) is 73.1 Å². The molecule has 2 N–H and O–H groups in total. The molecule has 0 spiro atoms. The molecule has 0 saturated carbocycles. The van der Waals surface area contributed by atoms with Gasteiger partial charge < -0.3 is 5.73 Å². The first-order valence-corrected chi connectivity index (χ1v) is 7.52. The highest BCUT2D eigenvalue weighted by atomic mass is 32.2. The zero-order valence-electron chi connectivity index (χ0n) is 10.5. The molecule has 2 aromatic carbocycles. The third-order valence-corrected chi connectivity index (χ3v) is 4.92. The van der Waals surface area contributed by atoms with Crippen molar-refractivity contribution < 1.29 is 8.42 Å². The third kappa shape index (κ3) is 1.92. The monoisotopic (exact) mass is 284 g/mol. The van der Waals surface area contributed by atoms with Crippen LogP contribution in [0, 0.1) is 0 Å². The van der Waals surface area contributed by atoms with Crippen LogP contribution >= 0.6 is 0 Å². The van der Waals surface area contributed by atoms with Crippen LogP contribution in [0.1, 0.15) is 0 Å². The summed E-state index contributed by atoms with van der Waals surface area (Å²) in [5.74, 6) is 0. The van der Waals surface area contributed by atoms with Crippen LogP contribution in [-0.2, 0) is 9.84 Å². The van der Waals surface area contributed by atoms with Crippen molar-refractivity contribution >= 4 is 26.4 Å². The van der Waals surface area contributed by atoms with Gasteiger partial charge in [0, 0.05) is 11.6 Å². The van der Waals surface area contributed by atoms with Gasteiger partial charge in [-0.2, -0.15) is 0 Å². The summed E-state index contributed by atoms with van der Waals surface area (Å²) in [5, 5.41) is 0.643. The molecule has 1 aromatic heterocycles. The minimum atomic E-state index is -3.65. The van der Waals surface area contributed by atoms with Gasteiger partial charge in [-0.25, -0.2) is 8.42 Å². The number of rotatable bonds is 2. The van der Waals surface area contributed by atoms with E-state index < -0.39 is 9.84 Å². The molecule has 3 rings (SSSR count). The van der Waals surface area contributed by atoms with Gasteiger partial charge in [0.15, 0.2) is 0 Å². The summed E-state index contributed by atoms with van der Waals surface area (Å²) in [6, 6.07) is 15.4. The number of hydrogen-bond donors (Lipinski definition) is 1. The van der Waals surface area contributed by atoms with Crippen molar-refractivity contribution in [2.75, 3.05) is 5.73 Å². The number of anilines is 1. The number of nitrogen functional groups attached to an aromatic ring is 1. The lowest BCUT2D eigenvalue weighted by atomic mass is 10.2. The minimum Gasteiger partial charge on any atom is -0.397 e. The van der Waals surface area contributed by atoms with E-state index in [4.69, 9.17) is 5.73 Å². The molecule has 4 nitrogen and oxygen atoms in total. The van der Waals surface area contributed by atoms with E-state index in [1.165, 1.54) is 6.20 Å². The number of nitrogens with zero attached hydrogens (tertiary/aromatic N) is 1. The van der Waals surface area contributed by atoms with Crippen molar-refractivity contribution in [1.82, 2.24) is 4.98 Å². The molecule has 0 radical (unpaired) electrons. The van der Waals surface area contributed by atoms with E-state index >= 15 is 0 Å². The average molecular weight is 284 g/mol. The lowest BCUT2D eigenvalue weighted by Gasteiger charge is -2.09. The summed E-state index contributed by atoms with van der Waals surface area (Å²) in [4.78, 5) is 4.43. The quantitative estimate of drug-likeness (QED) is 0.785. The van der Waals surface area contributed by atoms with Gasteiger partial charge in [-0.3, -0.25) is 4.98 Å². The van der Waals surface area contributed by atoms with Gasteiger partial charge in [0.2, 0.25) is 9.84 Å². The molecule has 0 unspecified atom stereocenters. The van der Waals surface area contributed by atoms with Gasteiger partial charge in [-0.1, -0.05) is 36.4 Å². The maximum Gasteiger partial charge on any atom is 0.210 e. The summed E-state index contributed by atoms with van der Waals surface area (Å²) < 4.78 is 25.2. The van der Waals surface area contributed by atoms with Gasteiger partial charge in [0.1, 0.15) is 4.90 Å².